The maximum absolute atomic E-state index is 6.25. The molecule has 2 aromatic rings. The van der Waals surface area contributed by atoms with E-state index in [0.717, 1.165) is 16.8 Å². The third-order valence-corrected chi connectivity index (χ3v) is 3.33. The number of nitrogens with zero attached hydrogens (tertiary/aromatic N) is 2. The van der Waals surface area contributed by atoms with Crippen LogP contribution in [-0.4, -0.2) is 11.8 Å². The largest absolute Gasteiger partial charge is 0.312 e. The van der Waals surface area contributed by atoms with Crippen molar-refractivity contribution in [3.8, 4) is 0 Å². The highest BCUT2D eigenvalue weighted by Crippen LogP contribution is 2.26. The zero-order chi connectivity index (χ0) is 13.1. The fourth-order valence-electron chi connectivity index (χ4n) is 2.04. The first kappa shape index (κ1) is 12.0. The fourth-order valence-corrected chi connectivity index (χ4v) is 2.26. The van der Waals surface area contributed by atoms with Crippen LogP contribution in [0.1, 0.15) is 5.56 Å². The lowest BCUT2D eigenvalue weighted by Gasteiger charge is -2.27. The number of para-hydroxylation sites is 1. The van der Waals surface area contributed by atoms with Crippen molar-refractivity contribution in [3.05, 3.63) is 72.4 Å². The van der Waals surface area contributed by atoms with Crippen LogP contribution in [-0.2, 0) is 0 Å². The topological polar surface area (TPSA) is 15.6 Å². The van der Waals surface area contributed by atoms with Crippen LogP contribution < -0.4 is 4.90 Å². The van der Waals surface area contributed by atoms with E-state index in [1.807, 2.05) is 65.8 Å². The maximum Gasteiger partial charge on any atom is 0.201 e. The van der Waals surface area contributed by atoms with Crippen LogP contribution in [0.5, 0.6) is 0 Å². The highest BCUT2D eigenvalue weighted by Gasteiger charge is 2.17. The minimum absolute atomic E-state index is 0.394. The molecule has 0 aromatic heterocycles. The van der Waals surface area contributed by atoms with Crippen LogP contribution >= 0.6 is 11.6 Å². The van der Waals surface area contributed by atoms with Crippen molar-refractivity contribution in [3.63, 3.8) is 0 Å². The summed E-state index contributed by atoms with van der Waals surface area (Å²) in [6.45, 7) is 0. The number of hydrogen-bond donors (Lipinski definition) is 0. The molecule has 0 saturated heterocycles. The number of hydrogen-bond acceptors (Lipinski definition) is 2. The highest BCUT2D eigenvalue weighted by atomic mass is 35.5. The van der Waals surface area contributed by atoms with Crippen LogP contribution in [0.3, 0.4) is 0 Å². The minimum Gasteiger partial charge on any atom is -0.312 e. The zero-order valence-electron chi connectivity index (χ0n) is 10.3. The van der Waals surface area contributed by atoms with E-state index in [9.17, 15) is 0 Å². The molecule has 19 heavy (non-hydrogen) atoms. The highest BCUT2D eigenvalue weighted by molar-refractivity contribution is 6.24. The van der Waals surface area contributed by atoms with E-state index < -0.39 is 5.62 Å². The van der Waals surface area contributed by atoms with E-state index in [2.05, 4.69) is 17.1 Å². The molecule has 0 amide bonds. The lowest BCUT2D eigenvalue weighted by Crippen LogP contribution is -2.27. The Kier molecular flexibility index (Phi) is 3.34. The van der Waals surface area contributed by atoms with Gasteiger partial charge in [0.25, 0.3) is 0 Å². The number of allylic oxidation sites excluding steroid dienone is 1. The Morgan fingerprint density at radius 2 is 1.53 bits per heavy atom. The monoisotopic (exact) mass is 268 g/mol. The van der Waals surface area contributed by atoms with Gasteiger partial charge in [0.15, 0.2) is 0 Å². The molecule has 0 bridgehead atoms. The van der Waals surface area contributed by atoms with Crippen LogP contribution in [0.25, 0.3) is 5.57 Å². The average molecular weight is 269 g/mol. The number of rotatable bonds is 2. The molecule has 0 aliphatic carbocycles. The van der Waals surface area contributed by atoms with Gasteiger partial charge >= 0.3 is 0 Å². The normalized spacial score (nSPS) is 18.3. The van der Waals surface area contributed by atoms with Gasteiger partial charge in [-0.25, -0.2) is 0 Å². The summed E-state index contributed by atoms with van der Waals surface area (Å²) in [6, 6.07) is 20.2. The number of benzene rings is 2. The number of halogens is 1. The molecule has 0 fully saturated rings. The summed E-state index contributed by atoms with van der Waals surface area (Å²) in [5.74, 6) is 0. The van der Waals surface area contributed by atoms with Gasteiger partial charge < -0.3 is 4.90 Å². The first-order valence-corrected chi connectivity index (χ1v) is 6.56. The summed E-state index contributed by atoms with van der Waals surface area (Å²) in [4.78, 5) is 6.31. The molecule has 1 heterocycles. The summed E-state index contributed by atoms with van der Waals surface area (Å²) >= 11 is 6.25. The lowest BCUT2D eigenvalue weighted by atomic mass is 10.1. The van der Waals surface area contributed by atoms with Gasteiger partial charge in [0.2, 0.25) is 5.62 Å². The van der Waals surface area contributed by atoms with Crippen molar-refractivity contribution < 1.29 is 0 Å². The molecule has 3 heteroatoms. The molecule has 2 nitrogen and oxygen atoms in total. The lowest BCUT2D eigenvalue weighted by molar-refractivity contribution is 0.897. The maximum atomic E-state index is 6.25. The standard InChI is InChI=1S/C16H13ClN2/c17-16-18-11-14(13-7-3-1-4-8-13)12-19(16)15-9-5-2-6-10-15/h1-12,16H. The molecule has 1 atom stereocenters. The molecule has 0 radical (unpaired) electrons. The Morgan fingerprint density at radius 3 is 2.21 bits per heavy atom. The molecular weight excluding hydrogens is 256 g/mol. The molecule has 1 unspecified atom stereocenters. The Labute approximate surface area is 117 Å². The molecule has 0 saturated carbocycles. The van der Waals surface area contributed by atoms with Gasteiger partial charge in [0.05, 0.1) is 0 Å². The zero-order valence-corrected chi connectivity index (χ0v) is 11.0. The molecule has 3 rings (SSSR count). The molecule has 0 N–H and O–H groups in total. The summed E-state index contributed by atoms with van der Waals surface area (Å²) in [7, 11) is 0. The molecule has 94 valence electrons. The summed E-state index contributed by atoms with van der Waals surface area (Å²) in [5.41, 5.74) is 2.83. The smallest absolute Gasteiger partial charge is 0.201 e. The summed E-state index contributed by atoms with van der Waals surface area (Å²) in [5, 5.41) is 0. The molecular formula is C16H13ClN2. The van der Waals surface area contributed by atoms with Gasteiger partial charge in [-0.2, -0.15) is 0 Å². The van der Waals surface area contributed by atoms with E-state index in [0.29, 0.717) is 0 Å². The van der Waals surface area contributed by atoms with Gasteiger partial charge in [0, 0.05) is 23.7 Å². The van der Waals surface area contributed by atoms with Crippen molar-refractivity contribution in [2.24, 2.45) is 4.99 Å². The van der Waals surface area contributed by atoms with Crippen molar-refractivity contribution in [2.45, 2.75) is 5.62 Å². The van der Waals surface area contributed by atoms with Crippen LogP contribution in [0.4, 0.5) is 5.69 Å². The van der Waals surface area contributed by atoms with E-state index >= 15 is 0 Å². The third-order valence-electron chi connectivity index (χ3n) is 3.01. The first-order valence-electron chi connectivity index (χ1n) is 6.12. The quantitative estimate of drug-likeness (QED) is 0.590. The Morgan fingerprint density at radius 1 is 0.895 bits per heavy atom. The van der Waals surface area contributed by atoms with Crippen molar-refractivity contribution in [1.29, 1.82) is 0 Å². The Bertz CT molecular complexity index is 605. The first-order chi connectivity index (χ1) is 9.34. The van der Waals surface area contributed by atoms with Gasteiger partial charge in [-0.1, -0.05) is 60.1 Å². The average Bonchev–Trinajstić information content (AvgIpc) is 2.49. The molecule has 1 aliphatic rings. The van der Waals surface area contributed by atoms with Gasteiger partial charge in [-0.05, 0) is 17.7 Å². The molecule has 2 aromatic carbocycles. The van der Waals surface area contributed by atoms with E-state index in [4.69, 9.17) is 11.6 Å². The van der Waals surface area contributed by atoms with E-state index in [-0.39, 0.29) is 0 Å². The third kappa shape index (κ3) is 2.54. The van der Waals surface area contributed by atoms with Crippen LogP contribution in [0.2, 0.25) is 0 Å². The summed E-state index contributed by atoms with van der Waals surface area (Å²) in [6.07, 6.45) is 3.86. The molecule has 1 aliphatic heterocycles. The predicted octanol–water partition coefficient (Wildman–Crippen LogP) is 4.14. The van der Waals surface area contributed by atoms with Crippen molar-refractivity contribution >= 4 is 29.1 Å². The second-order valence-electron chi connectivity index (χ2n) is 4.28. The van der Waals surface area contributed by atoms with Gasteiger partial charge in [-0.15, -0.1) is 0 Å². The second kappa shape index (κ2) is 5.29. The van der Waals surface area contributed by atoms with Crippen LogP contribution in [0, 0.1) is 0 Å². The number of alkyl halides is 1. The van der Waals surface area contributed by atoms with E-state index in [1.54, 1.807) is 0 Å². The van der Waals surface area contributed by atoms with Crippen LogP contribution in [0.15, 0.2) is 71.9 Å². The van der Waals surface area contributed by atoms with Crippen molar-refractivity contribution in [1.82, 2.24) is 0 Å². The fraction of sp³-hybridized carbons (Fsp3) is 0.0625. The van der Waals surface area contributed by atoms with Gasteiger partial charge in [-0.3, -0.25) is 4.99 Å². The minimum atomic E-state index is -0.394. The number of aliphatic imine (C=N–C) groups is 1. The Hall–Kier alpha value is -2.06. The number of anilines is 1. The van der Waals surface area contributed by atoms with Crippen molar-refractivity contribution in [2.75, 3.05) is 4.90 Å². The predicted molar refractivity (Wildman–Crippen MR) is 81.5 cm³/mol. The van der Waals surface area contributed by atoms with Gasteiger partial charge in [0.1, 0.15) is 0 Å². The Balaban J connectivity index is 1.98. The summed E-state index contributed by atoms with van der Waals surface area (Å²) < 4.78 is 0. The second-order valence-corrected chi connectivity index (χ2v) is 4.67. The SMILES string of the molecule is ClC1N=CC(c2ccccc2)=CN1c1ccccc1. The van der Waals surface area contributed by atoms with E-state index in [1.165, 1.54) is 0 Å². The molecule has 0 spiro atoms.